The van der Waals surface area contributed by atoms with Crippen molar-refractivity contribution in [3.05, 3.63) is 70.1 Å². The molecule has 0 radical (unpaired) electrons. The highest BCUT2D eigenvalue weighted by Gasteiger charge is 2.18. The van der Waals surface area contributed by atoms with Gasteiger partial charge in [-0.05, 0) is 43.7 Å². The zero-order valence-electron chi connectivity index (χ0n) is 15.9. The molecule has 0 spiro atoms. The van der Waals surface area contributed by atoms with Crippen LogP contribution in [0.4, 0.5) is 0 Å². The highest BCUT2D eigenvalue weighted by molar-refractivity contribution is 7.89. The number of carbonyl (C=O) groups is 1. The van der Waals surface area contributed by atoms with Crippen molar-refractivity contribution in [1.82, 2.24) is 10.3 Å². The molecule has 0 saturated heterocycles. The van der Waals surface area contributed by atoms with Gasteiger partial charge in [-0.2, -0.15) is 0 Å². The second-order valence-corrected chi connectivity index (χ2v) is 8.05. The summed E-state index contributed by atoms with van der Waals surface area (Å²) < 4.78 is 35.2. The van der Waals surface area contributed by atoms with Crippen LogP contribution in [0.5, 0.6) is 5.75 Å². The molecule has 29 heavy (non-hydrogen) atoms. The minimum atomic E-state index is -3.98. The average molecular weight is 416 g/mol. The van der Waals surface area contributed by atoms with Gasteiger partial charge in [0.1, 0.15) is 16.9 Å². The summed E-state index contributed by atoms with van der Waals surface area (Å²) in [6.07, 6.45) is 0.833. The summed E-state index contributed by atoms with van der Waals surface area (Å²) in [6, 6.07) is 12.3. The monoisotopic (exact) mass is 416 g/mol. The quantitative estimate of drug-likeness (QED) is 0.452. The fraction of sp³-hybridized carbons (Fsp3) is 0.200. The van der Waals surface area contributed by atoms with Crippen molar-refractivity contribution in [2.75, 3.05) is 6.61 Å². The first-order chi connectivity index (χ1) is 13.8. The first-order valence-corrected chi connectivity index (χ1v) is 10.4. The number of carbonyl (C=O) groups excluding carboxylic acids is 1. The number of hydrogen-bond donors (Lipinski definition) is 2. The smallest absolute Gasteiger partial charge is 0.349 e. The Balaban J connectivity index is 1.79. The van der Waals surface area contributed by atoms with E-state index in [0.717, 1.165) is 12.0 Å². The SMILES string of the molecule is CCCOc1ccc2cc(C(=O)NNS(=O)(=O)c3ccc(C)cc3)c(=O)oc2c1. The third kappa shape index (κ3) is 4.82. The Morgan fingerprint density at radius 3 is 2.52 bits per heavy atom. The third-order valence-electron chi connectivity index (χ3n) is 4.06. The molecule has 0 saturated carbocycles. The number of sulfonamides is 1. The predicted octanol–water partition coefficient (Wildman–Crippen LogP) is 2.51. The number of hydrazine groups is 1. The molecular formula is C20H20N2O6S. The third-order valence-corrected chi connectivity index (χ3v) is 5.32. The van der Waals surface area contributed by atoms with Crippen LogP contribution in [0, 0.1) is 6.92 Å². The lowest BCUT2D eigenvalue weighted by Gasteiger charge is -2.09. The van der Waals surface area contributed by atoms with E-state index in [4.69, 9.17) is 9.15 Å². The van der Waals surface area contributed by atoms with Crippen LogP contribution in [0.1, 0.15) is 29.3 Å². The number of rotatable bonds is 7. The number of aryl methyl sites for hydroxylation is 1. The molecule has 1 amide bonds. The molecule has 152 valence electrons. The summed E-state index contributed by atoms with van der Waals surface area (Å²) in [7, 11) is -3.98. The molecule has 0 bridgehead atoms. The minimum absolute atomic E-state index is 0.0199. The van der Waals surface area contributed by atoms with Crippen LogP contribution in [0.15, 0.2) is 62.6 Å². The highest BCUT2D eigenvalue weighted by atomic mass is 32.2. The molecule has 9 heteroatoms. The van der Waals surface area contributed by atoms with Crippen molar-refractivity contribution < 1.29 is 22.4 Å². The fourth-order valence-electron chi connectivity index (χ4n) is 2.52. The van der Waals surface area contributed by atoms with E-state index in [1.807, 2.05) is 24.1 Å². The largest absolute Gasteiger partial charge is 0.493 e. The molecule has 3 rings (SSSR count). The summed E-state index contributed by atoms with van der Waals surface area (Å²) in [4.78, 5) is 26.5. The van der Waals surface area contributed by atoms with Crippen LogP contribution < -0.4 is 20.6 Å². The number of ether oxygens (including phenoxy) is 1. The Morgan fingerprint density at radius 2 is 1.83 bits per heavy atom. The number of amides is 1. The summed E-state index contributed by atoms with van der Waals surface area (Å²) in [5, 5.41) is 0.500. The maximum atomic E-state index is 12.3. The van der Waals surface area contributed by atoms with E-state index in [1.165, 1.54) is 18.2 Å². The van der Waals surface area contributed by atoms with Gasteiger partial charge >= 0.3 is 5.63 Å². The van der Waals surface area contributed by atoms with Crippen LogP contribution in [0.25, 0.3) is 11.0 Å². The van der Waals surface area contributed by atoms with Crippen molar-refractivity contribution in [3.8, 4) is 5.75 Å². The summed E-state index contributed by atoms with van der Waals surface area (Å²) >= 11 is 0. The number of hydrogen-bond acceptors (Lipinski definition) is 6. The van der Waals surface area contributed by atoms with Gasteiger partial charge in [0.15, 0.2) is 0 Å². The summed E-state index contributed by atoms with van der Waals surface area (Å²) in [5.74, 6) is -0.381. The Bertz CT molecular complexity index is 1200. The fourth-order valence-corrected chi connectivity index (χ4v) is 3.36. The van der Waals surface area contributed by atoms with Crippen LogP contribution in [-0.2, 0) is 10.0 Å². The molecule has 0 aliphatic rings. The Hall–Kier alpha value is -3.17. The molecular weight excluding hydrogens is 396 g/mol. The zero-order valence-corrected chi connectivity index (χ0v) is 16.7. The Labute approximate surface area is 167 Å². The zero-order chi connectivity index (χ0) is 21.0. The van der Waals surface area contributed by atoms with Crippen molar-refractivity contribution >= 4 is 26.9 Å². The van der Waals surface area contributed by atoms with Gasteiger partial charge in [0.05, 0.1) is 11.5 Å². The lowest BCUT2D eigenvalue weighted by atomic mass is 10.1. The van der Waals surface area contributed by atoms with Gasteiger partial charge in [-0.1, -0.05) is 24.6 Å². The van der Waals surface area contributed by atoms with E-state index in [2.05, 4.69) is 0 Å². The Kier molecular flexibility index (Phi) is 6.00. The van der Waals surface area contributed by atoms with Gasteiger partial charge < -0.3 is 9.15 Å². The van der Waals surface area contributed by atoms with Crippen LogP contribution in [0.2, 0.25) is 0 Å². The van der Waals surface area contributed by atoms with E-state index in [0.29, 0.717) is 17.7 Å². The van der Waals surface area contributed by atoms with Crippen molar-refractivity contribution in [1.29, 1.82) is 0 Å². The lowest BCUT2D eigenvalue weighted by Crippen LogP contribution is -2.42. The van der Waals surface area contributed by atoms with Gasteiger partial charge in [-0.15, -0.1) is 4.83 Å². The molecule has 1 aromatic heterocycles. The van der Waals surface area contributed by atoms with Crippen LogP contribution in [0.3, 0.4) is 0 Å². The van der Waals surface area contributed by atoms with E-state index < -0.39 is 21.6 Å². The van der Waals surface area contributed by atoms with Crippen molar-refractivity contribution in [2.45, 2.75) is 25.2 Å². The summed E-state index contributed by atoms with van der Waals surface area (Å²) in [5.41, 5.74) is 1.97. The maximum absolute atomic E-state index is 12.3. The molecule has 2 aromatic carbocycles. The second-order valence-electron chi connectivity index (χ2n) is 6.37. The molecule has 3 aromatic rings. The second kappa shape index (κ2) is 8.46. The van der Waals surface area contributed by atoms with Crippen molar-refractivity contribution in [2.24, 2.45) is 0 Å². The van der Waals surface area contributed by atoms with Gasteiger partial charge in [-0.25, -0.2) is 13.2 Å². The van der Waals surface area contributed by atoms with E-state index in [-0.39, 0.29) is 16.0 Å². The molecule has 0 fully saturated rings. The summed E-state index contributed by atoms with van der Waals surface area (Å²) in [6.45, 7) is 4.32. The van der Waals surface area contributed by atoms with Gasteiger partial charge in [0.25, 0.3) is 15.9 Å². The lowest BCUT2D eigenvalue weighted by molar-refractivity contribution is 0.0941. The van der Waals surface area contributed by atoms with Crippen LogP contribution >= 0.6 is 0 Å². The van der Waals surface area contributed by atoms with E-state index in [1.54, 1.807) is 30.3 Å². The highest BCUT2D eigenvalue weighted by Crippen LogP contribution is 2.20. The van der Waals surface area contributed by atoms with Crippen LogP contribution in [-0.4, -0.2) is 20.9 Å². The number of nitrogens with one attached hydrogen (secondary N) is 2. The predicted molar refractivity (Wildman–Crippen MR) is 107 cm³/mol. The molecule has 2 N–H and O–H groups in total. The van der Waals surface area contributed by atoms with Gasteiger partial charge in [0.2, 0.25) is 0 Å². The molecule has 1 heterocycles. The number of benzene rings is 2. The van der Waals surface area contributed by atoms with Crippen molar-refractivity contribution in [3.63, 3.8) is 0 Å². The molecule has 8 nitrogen and oxygen atoms in total. The van der Waals surface area contributed by atoms with E-state index in [9.17, 15) is 18.0 Å². The minimum Gasteiger partial charge on any atom is -0.493 e. The molecule has 0 atom stereocenters. The van der Waals surface area contributed by atoms with Gasteiger partial charge in [0, 0.05) is 11.5 Å². The first kappa shape index (κ1) is 20.6. The molecule has 0 unspecified atom stereocenters. The van der Waals surface area contributed by atoms with E-state index >= 15 is 0 Å². The topological polar surface area (TPSA) is 115 Å². The molecule has 0 aliphatic carbocycles. The Morgan fingerprint density at radius 1 is 1.10 bits per heavy atom. The standard InChI is InChI=1S/C20H20N2O6S/c1-3-10-27-15-7-6-14-11-17(20(24)28-18(14)12-15)19(23)21-22-29(25,26)16-8-4-13(2)5-9-16/h4-9,11-12,22H,3,10H2,1-2H3,(H,21,23). The van der Waals surface area contributed by atoms with Gasteiger partial charge in [-0.3, -0.25) is 10.2 Å². The first-order valence-electron chi connectivity index (χ1n) is 8.89. The average Bonchev–Trinajstić information content (AvgIpc) is 2.70. The molecule has 0 aliphatic heterocycles. The normalized spacial score (nSPS) is 11.4. The number of fused-ring (bicyclic) bond motifs is 1. The maximum Gasteiger partial charge on any atom is 0.349 e.